The summed E-state index contributed by atoms with van der Waals surface area (Å²) >= 11 is 0. The minimum Gasteiger partial charge on any atom is -0.317 e. The lowest BCUT2D eigenvalue weighted by molar-refractivity contribution is 0.276. The molecule has 1 aliphatic rings. The van der Waals surface area contributed by atoms with E-state index in [4.69, 9.17) is 0 Å². The van der Waals surface area contributed by atoms with Gasteiger partial charge in [-0.3, -0.25) is 0 Å². The molecule has 1 fully saturated rings. The second-order valence-electron chi connectivity index (χ2n) is 4.53. The van der Waals surface area contributed by atoms with Gasteiger partial charge in [0.15, 0.2) is 11.6 Å². The third kappa shape index (κ3) is 2.98. The zero-order valence-electron chi connectivity index (χ0n) is 9.88. The molecule has 1 N–H and O–H groups in total. The molecule has 0 unspecified atom stereocenters. The summed E-state index contributed by atoms with van der Waals surface area (Å²) < 4.78 is 26.7. The maximum atomic E-state index is 13.6. The van der Waals surface area contributed by atoms with E-state index in [0.717, 1.165) is 19.2 Å². The lowest BCUT2D eigenvalue weighted by Gasteiger charge is -2.31. The average molecular weight is 273 g/mol. The summed E-state index contributed by atoms with van der Waals surface area (Å²) in [5, 5.41) is 12.4. The number of nitrogens with zero attached hydrogens (tertiary/aromatic N) is 1. The van der Waals surface area contributed by atoms with Crippen LogP contribution in [0, 0.1) is 28.4 Å². The van der Waals surface area contributed by atoms with Crippen molar-refractivity contribution >= 4 is 12.4 Å². The van der Waals surface area contributed by atoms with Crippen molar-refractivity contribution in [1.29, 1.82) is 5.26 Å². The molecule has 0 spiro atoms. The molecule has 0 saturated carbocycles. The van der Waals surface area contributed by atoms with Gasteiger partial charge in [0.05, 0.1) is 11.5 Å². The Morgan fingerprint density at radius 2 is 1.94 bits per heavy atom. The summed E-state index contributed by atoms with van der Waals surface area (Å²) in [6, 6.07) is 6.42. The van der Waals surface area contributed by atoms with Crippen LogP contribution in [0.4, 0.5) is 8.78 Å². The molecular formula is C13H15ClF2N2. The number of hydrogen-bond donors (Lipinski definition) is 1. The highest BCUT2D eigenvalue weighted by molar-refractivity contribution is 5.85. The van der Waals surface area contributed by atoms with Crippen molar-refractivity contribution in [2.45, 2.75) is 19.3 Å². The minimum atomic E-state index is -0.843. The smallest absolute Gasteiger partial charge is 0.162 e. The van der Waals surface area contributed by atoms with Crippen molar-refractivity contribution in [3.63, 3.8) is 0 Å². The predicted molar refractivity (Wildman–Crippen MR) is 67.5 cm³/mol. The molecule has 1 aliphatic heterocycles. The molecular weight excluding hydrogens is 258 g/mol. The summed E-state index contributed by atoms with van der Waals surface area (Å²) in [5.41, 5.74) is -0.256. The maximum absolute atomic E-state index is 13.6. The zero-order chi connectivity index (χ0) is 12.3. The average Bonchev–Trinajstić information content (AvgIpc) is 2.36. The molecule has 2 nitrogen and oxygen atoms in total. The number of rotatable bonds is 2. The third-order valence-corrected chi connectivity index (χ3v) is 3.36. The number of halogens is 3. The Bertz CT molecular complexity index is 451. The van der Waals surface area contributed by atoms with Crippen molar-refractivity contribution in [1.82, 2.24) is 5.32 Å². The first kappa shape index (κ1) is 14.9. The standard InChI is InChI=1S/C13H14F2N2.ClH/c14-11-3-1-2-10(12(11)15)8-13(9-16)4-6-17-7-5-13;/h1-3,17H,4-8H2;1H. The van der Waals surface area contributed by atoms with Crippen LogP contribution in [0.25, 0.3) is 0 Å². The molecule has 1 aromatic carbocycles. The van der Waals surface area contributed by atoms with Crippen LogP contribution in [0.15, 0.2) is 18.2 Å². The van der Waals surface area contributed by atoms with Crippen LogP contribution < -0.4 is 5.32 Å². The van der Waals surface area contributed by atoms with Crippen LogP contribution in [-0.4, -0.2) is 13.1 Å². The normalized spacial score (nSPS) is 17.6. The van der Waals surface area contributed by atoms with E-state index in [1.165, 1.54) is 6.07 Å². The first-order valence-corrected chi connectivity index (χ1v) is 5.72. The van der Waals surface area contributed by atoms with Gasteiger partial charge in [-0.1, -0.05) is 12.1 Å². The molecule has 18 heavy (non-hydrogen) atoms. The molecule has 2 rings (SSSR count). The van der Waals surface area contributed by atoms with Crippen molar-refractivity contribution in [3.8, 4) is 6.07 Å². The molecule has 1 saturated heterocycles. The Kier molecular flexibility index (Phi) is 5.06. The van der Waals surface area contributed by atoms with Gasteiger partial charge in [0.1, 0.15) is 0 Å². The molecule has 0 aromatic heterocycles. The number of piperidine rings is 1. The van der Waals surface area contributed by atoms with Crippen LogP contribution in [0.2, 0.25) is 0 Å². The Balaban J connectivity index is 0.00000162. The minimum absolute atomic E-state index is 0. The second kappa shape index (κ2) is 6.12. The lowest BCUT2D eigenvalue weighted by Crippen LogP contribution is -2.37. The van der Waals surface area contributed by atoms with Gasteiger partial charge in [0.2, 0.25) is 0 Å². The molecule has 0 amide bonds. The van der Waals surface area contributed by atoms with Gasteiger partial charge in [-0.2, -0.15) is 5.26 Å². The third-order valence-electron chi connectivity index (χ3n) is 3.36. The fraction of sp³-hybridized carbons (Fsp3) is 0.462. The molecule has 98 valence electrons. The van der Waals surface area contributed by atoms with Crippen LogP contribution in [0.5, 0.6) is 0 Å². The number of hydrogen-bond acceptors (Lipinski definition) is 2. The highest BCUT2D eigenvalue weighted by atomic mass is 35.5. The lowest BCUT2D eigenvalue weighted by atomic mass is 9.75. The Hall–Kier alpha value is -1.18. The van der Waals surface area contributed by atoms with Gasteiger partial charge in [0.25, 0.3) is 0 Å². The van der Waals surface area contributed by atoms with Gasteiger partial charge >= 0.3 is 0 Å². The van der Waals surface area contributed by atoms with Gasteiger partial charge in [-0.15, -0.1) is 12.4 Å². The van der Waals surface area contributed by atoms with Gasteiger partial charge in [0, 0.05) is 0 Å². The fourth-order valence-electron chi connectivity index (χ4n) is 2.28. The first-order valence-electron chi connectivity index (χ1n) is 5.72. The van der Waals surface area contributed by atoms with E-state index in [2.05, 4.69) is 11.4 Å². The maximum Gasteiger partial charge on any atom is 0.162 e. The number of nitriles is 1. The summed E-state index contributed by atoms with van der Waals surface area (Å²) in [4.78, 5) is 0. The molecule has 1 heterocycles. The first-order chi connectivity index (χ1) is 8.17. The van der Waals surface area contributed by atoms with Gasteiger partial charge < -0.3 is 5.32 Å². The van der Waals surface area contributed by atoms with E-state index in [1.54, 1.807) is 6.07 Å². The molecule has 0 atom stereocenters. The van der Waals surface area contributed by atoms with Crippen molar-refractivity contribution in [3.05, 3.63) is 35.4 Å². The van der Waals surface area contributed by atoms with Gasteiger partial charge in [-0.25, -0.2) is 8.78 Å². The fourth-order valence-corrected chi connectivity index (χ4v) is 2.28. The van der Waals surface area contributed by atoms with E-state index >= 15 is 0 Å². The highest BCUT2D eigenvalue weighted by Gasteiger charge is 2.33. The Morgan fingerprint density at radius 3 is 2.56 bits per heavy atom. The highest BCUT2D eigenvalue weighted by Crippen LogP contribution is 2.33. The van der Waals surface area contributed by atoms with E-state index in [0.29, 0.717) is 18.4 Å². The van der Waals surface area contributed by atoms with E-state index in [1.807, 2.05) is 0 Å². The topological polar surface area (TPSA) is 35.8 Å². The second-order valence-corrected chi connectivity index (χ2v) is 4.53. The summed E-state index contributed by atoms with van der Waals surface area (Å²) in [6.45, 7) is 1.51. The SMILES string of the molecule is Cl.N#CC1(Cc2cccc(F)c2F)CCNCC1. The monoisotopic (exact) mass is 272 g/mol. The Labute approximate surface area is 111 Å². The summed E-state index contributed by atoms with van der Waals surface area (Å²) in [7, 11) is 0. The summed E-state index contributed by atoms with van der Waals surface area (Å²) in [5.74, 6) is -1.66. The number of nitrogens with one attached hydrogen (secondary N) is 1. The Morgan fingerprint density at radius 1 is 1.28 bits per heavy atom. The zero-order valence-corrected chi connectivity index (χ0v) is 10.7. The largest absolute Gasteiger partial charge is 0.317 e. The predicted octanol–water partition coefficient (Wildman–Crippen LogP) is 2.82. The molecule has 0 radical (unpaired) electrons. The van der Waals surface area contributed by atoms with Crippen LogP contribution in [-0.2, 0) is 6.42 Å². The van der Waals surface area contributed by atoms with Crippen molar-refractivity contribution < 1.29 is 8.78 Å². The van der Waals surface area contributed by atoms with Gasteiger partial charge in [-0.05, 0) is 44.0 Å². The molecule has 0 bridgehead atoms. The van der Waals surface area contributed by atoms with E-state index in [-0.39, 0.29) is 18.8 Å². The van der Waals surface area contributed by atoms with Crippen LogP contribution in [0.3, 0.4) is 0 Å². The van der Waals surface area contributed by atoms with Crippen LogP contribution >= 0.6 is 12.4 Å². The quantitative estimate of drug-likeness (QED) is 0.899. The van der Waals surface area contributed by atoms with Crippen LogP contribution in [0.1, 0.15) is 18.4 Å². The van der Waals surface area contributed by atoms with Crippen molar-refractivity contribution in [2.24, 2.45) is 5.41 Å². The van der Waals surface area contributed by atoms with E-state index < -0.39 is 17.0 Å². The molecule has 0 aliphatic carbocycles. The summed E-state index contributed by atoms with van der Waals surface area (Å²) in [6.07, 6.45) is 1.65. The molecule has 1 aromatic rings. The molecule has 5 heteroatoms. The number of benzene rings is 1. The van der Waals surface area contributed by atoms with Crippen molar-refractivity contribution in [2.75, 3.05) is 13.1 Å². The van der Waals surface area contributed by atoms with E-state index in [9.17, 15) is 14.0 Å².